The van der Waals surface area contributed by atoms with Crippen LogP contribution >= 0.6 is 0 Å². The first kappa shape index (κ1) is 8.54. The predicted molar refractivity (Wildman–Crippen MR) is 49.7 cm³/mol. The summed E-state index contributed by atoms with van der Waals surface area (Å²) in [4.78, 5) is 4.27. The Kier molecular flexibility index (Phi) is 1.95. The van der Waals surface area contributed by atoms with Crippen LogP contribution in [-0.2, 0) is 0 Å². The van der Waals surface area contributed by atoms with E-state index in [0.29, 0.717) is 17.4 Å². The van der Waals surface area contributed by atoms with E-state index in [-0.39, 0.29) is 6.04 Å². The van der Waals surface area contributed by atoms with Gasteiger partial charge in [-0.15, -0.1) is 0 Å². The van der Waals surface area contributed by atoms with Crippen molar-refractivity contribution in [1.29, 1.82) is 0 Å². The number of hydrogen-bond acceptors (Lipinski definition) is 6. The monoisotopic (exact) mass is 206 g/mol. The molecule has 7 heteroatoms. The molecule has 0 radical (unpaired) electrons. The molecule has 0 bridgehead atoms. The Hall–Kier alpha value is -1.76. The molecular formula is C8H10N6O. The minimum Gasteiger partial charge on any atom is -0.337 e. The summed E-state index contributed by atoms with van der Waals surface area (Å²) >= 11 is 0. The van der Waals surface area contributed by atoms with Crippen LogP contribution in [0.2, 0.25) is 0 Å². The lowest BCUT2D eigenvalue weighted by molar-refractivity contribution is 0.345. The van der Waals surface area contributed by atoms with Crippen LogP contribution in [-0.4, -0.2) is 32.1 Å². The molecule has 1 fully saturated rings. The summed E-state index contributed by atoms with van der Waals surface area (Å²) in [5, 5.41) is 17.2. The molecule has 2 aromatic heterocycles. The molecule has 3 rings (SSSR count). The van der Waals surface area contributed by atoms with E-state index in [9.17, 15) is 0 Å². The number of nitrogens with zero attached hydrogens (tertiary/aromatic N) is 4. The van der Waals surface area contributed by atoms with E-state index in [1.165, 1.54) is 0 Å². The number of hydrogen-bond donors (Lipinski definition) is 2. The first-order valence-corrected chi connectivity index (χ1v) is 4.86. The van der Waals surface area contributed by atoms with E-state index in [1.807, 2.05) is 0 Å². The third-order valence-corrected chi connectivity index (χ3v) is 2.44. The molecule has 78 valence electrons. The highest BCUT2D eigenvalue weighted by molar-refractivity contribution is 5.44. The molecule has 1 atom stereocenters. The summed E-state index contributed by atoms with van der Waals surface area (Å²) in [7, 11) is 0. The average molecular weight is 206 g/mol. The van der Waals surface area contributed by atoms with Crippen molar-refractivity contribution in [2.24, 2.45) is 0 Å². The molecule has 1 saturated heterocycles. The molecule has 7 nitrogen and oxygen atoms in total. The summed E-state index contributed by atoms with van der Waals surface area (Å²) in [5.41, 5.74) is 0.600. The minimum atomic E-state index is 0.193. The molecule has 2 N–H and O–H groups in total. The van der Waals surface area contributed by atoms with Crippen molar-refractivity contribution >= 4 is 0 Å². The third-order valence-electron chi connectivity index (χ3n) is 2.44. The van der Waals surface area contributed by atoms with E-state index in [1.54, 1.807) is 6.20 Å². The van der Waals surface area contributed by atoms with Gasteiger partial charge in [0.2, 0.25) is 11.7 Å². The van der Waals surface area contributed by atoms with Gasteiger partial charge in [0.25, 0.3) is 0 Å². The summed E-state index contributed by atoms with van der Waals surface area (Å²) in [6, 6.07) is 0.193. The van der Waals surface area contributed by atoms with Crippen LogP contribution in [0.15, 0.2) is 10.7 Å². The molecule has 0 unspecified atom stereocenters. The lowest BCUT2D eigenvalue weighted by Crippen LogP contribution is -2.12. The summed E-state index contributed by atoms with van der Waals surface area (Å²) in [6.07, 6.45) is 3.75. The highest BCUT2D eigenvalue weighted by Crippen LogP contribution is 2.22. The molecule has 0 saturated carbocycles. The number of H-pyrrole nitrogens is 1. The maximum absolute atomic E-state index is 5.17. The molecule has 0 amide bonds. The Morgan fingerprint density at radius 3 is 3.20 bits per heavy atom. The van der Waals surface area contributed by atoms with Crippen LogP contribution in [0.25, 0.3) is 11.5 Å². The standard InChI is InChI=1S/C8H10N6O/c1-2-5(9-3-1)8-11-7(13-15-8)6-4-10-14-12-6/h4-5,9H,1-3H2,(H,10,12,14)/t5-/m1/s1. The van der Waals surface area contributed by atoms with Gasteiger partial charge in [-0.1, -0.05) is 5.16 Å². The largest absolute Gasteiger partial charge is 0.337 e. The van der Waals surface area contributed by atoms with E-state index in [0.717, 1.165) is 19.4 Å². The fourth-order valence-corrected chi connectivity index (χ4v) is 1.69. The maximum Gasteiger partial charge on any atom is 0.244 e. The second-order valence-corrected chi connectivity index (χ2v) is 3.46. The average Bonchev–Trinajstić information content (AvgIpc) is 3.02. The lowest BCUT2D eigenvalue weighted by Gasteiger charge is -2.00. The third kappa shape index (κ3) is 1.50. The Labute approximate surface area is 85.3 Å². The van der Waals surface area contributed by atoms with Crippen molar-refractivity contribution in [3.8, 4) is 11.5 Å². The molecule has 1 aliphatic rings. The normalized spacial score (nSPS) is 20.9. The number of aromatic nitrogens is 5. The minimum absolute atomic E-state index is 0.193. The first-order chi connectivity index (χ1) is 7.43. The summed E-state index contributed by atoms with van der Waals surface area (Å²) in [5.74, 6) is 1.11. The zero-order valence-corrected chi connectivity index (χ0v) is 7.97. The summed E-state index contributed by atoms with van der Waals surface area (Å²) < 4.78 is 5.17. The van der Waals surface area contributed by atoms with Gasteiger partial charge in [0.1, 0.15) is 0 Å². The van der Waals surface area contributed by atoms with Gasteiger partial charge in [0.15, 0.2) is 5.69 Å². The second kappa shape index (κ2) is 3.43. The molecule has 2 aromatic rings. The van der Waals surface area contributed by atoms with Crippen LogP contribution < -0.4 is 5.32 Å². The van der Waals surface area contributed by atoms with Gasteiger partial charge in [-0.2, -0.15) is 20.4 Å². The van der Waals surface area contributed by atoms with E-state index >= 15 is 0 Å². The highest BCUT2D eigenvalue weighted by Gasteiger charge is 2.23. The van der Waals surface area contributed by atoms with Crippen molar-refractivity contribution in [2.45, 2.75) is 18.9 Å². The Morgan fingerprint density at radius 1 is 1.47 bits per heavy atom. The Morgan fingerprint density at radius 2 is 2.47 bits per heavy atom. The zero-order valence-electron chi connectivity index (χ0n) is 7.97. The van der Waals surface area contributed by atoms with Crippen molar-refractivity contribution < 1.29 is 4.52 Å². The van der Waals surface area contributed by atoms with Gasteiger partial charge in [0.05, 0.1) is 12.2 Å². The van der Waals surface area contributed by atoms with E-state index in [4.69, 9.17) is 4.52 Å². The van der Waals surface area contributed by atoms with Crippen LogP contribution in [0.5, 0.6) is 0 Å². The van der Waals surface area contributed by atoms with Gasteiger partial charge in [-0.05, 0) is 19.4 Å². The molecule has 0 aromatic carbocycles. The van der Waals surface area contributed by atoms with Crippen molar-refractivity contribution in [3.05, 3.63) is 12.1 Å². The van der Waals surface area contributed by atoms with Gasteiger partial charge in [-0.3, -0.25) is 0 Å². The van der Waals surface area contributed by atoms with Gasteiger partial charge < -0.3 is 9.84 Å². The van der Waals surface area contributed by atoms with Crippen molar-refractivity contribution in [2.75, 3.05) is 6.54 Å². The Balaban J connectivity index is 1.87. The molecule has 1 aliphatic heterocycles. The second-order valence-electron chi connectivity index (χ2n) is 3.46. The van der Waals surface area contributed by atoms with Crippen LogP contribution in [0.1, 0.15) is 24.8 Å². The topological polar surface area (TPSA) is 92.5 Å². The molecule has 15 heavy (non-hydrogen) atoms. The van der Waals surface area contributed by atoms with Crippen molar-refractivity contribution in [3.63, 3.8) is 0 Å². The van der Waals surface area contributed by atoms with Crippen LogP contribution in [0.4, 0.5) is 0 Å². The first-order valence-electron chi connectivity index (χ1n) is 4.86. The zero-order chi connectivity index (χ0) is 10.1. The Bertz CT molecular complexity index is 430. The maximum atomic E-state index is 5.17. The fraction of sp³-hybridized carbons (Fsp3) is 0.500. The lowest BCUT2D eigenvalue weighted by atomic mass is 10.2. The summed E-state index contributed by atoms with van der Waals surface area (Å²) in [6.45, 7) is 1.01. The van der Waals surface area contributed by atoms with Crippen molar-refractivity contribution in [1.82, 2.24) is 30.9 Å². The van der Waals surface area contributed by atoms with Crippen LogP contribution in [0.3, 0.4) is 0 Å². The van der Waals surface area contributed by atoms with Gasteiger partial charge in [0, 0.05) is 0 Å². The van der Waals surface area contributed by atoms with E-state index < -0.39 is 0 Å². The number of rotatable bonds is 2. The highest BCUT2D eigenvalue weighted by atomic mass is 16.5. The van der Waals surface area contributed by atoms with Crippen LogP contribution in [0, 0.1) is 0 Å². The molecule has 3 heterocycles. The smallest absolute Gasteiger partial charge is 0.244 e. The predicted octanol–water partition coefficient (Wildman–Crippen LogP) is 0.279. The molecule has 0 aliphatic carbocycles. The number of nitrogens with one attached hydrogen (secondary N) is 2. The SMILES string of the molecule is c1n[nH]nc1-c1noc([C@H]2CCCN2)n1. The van der Waals surface area contributed by atoms with E-state index in [2.05, 4.69) is 30.9 Å². The van der Waals surface area contributed by atoms with Gasteiger partial charge in [-0.25, -0.2) is 0 Å². The molecule has 0 spiro atoms. The quantitative estimate of drug-likeness (QED) is 0.733. The fourth-order valence-electron chi connectivity index (χ4n) is 1.69. The number of aromatic amines is 1. The molecular weight excluding hydrogens is 196 g/mol. The van der Waals surface area contributed by atoms with Gasteiger partial charge >= 0.3 is 0 Å².